The summed E-state index contributed by atoms with van der Waals surface area (Å²) in [4.78, 5) is 4.31. The van der Waals surface area contributed by atoms with Gasteiger partial charge in [-0.05, 0) is 33.4 Å². The minimum atomic E-state index is 0.223. The van der Waals surface area contributed by atoms with Gasteiger partial charge in [0.05, 0.1) is 0 Å². The van der Waals surface area contributed by atoms with Gasteiger partial charge in [-0.1, -0.05) is 29.8 Å². The Morgan fingerprint density at radius 1 is 1.38 bits per heavy atom. The third-order valence-corrected chi connectivity index (χ3v) is 3.40. The van der Waals surface area contributed by atoms with Crippen LogP contribution in [-0.2, 0) is 13.0 Å². The van der Waals surface area contributed by atoms with E-state index >= 15 is 0 Å². The highest BCUT2D eigenvalue weighted by atomic mass is 16.5. The van der Waals surface area contributed by atoms with Crippen LogP contribution in [0.2, 0.25) is 0 Å². The average molecular weight is 289 g/mol. The Kier molecular flexibility index (Phi) is 5.33. The van der Waals surface area contributed by atoms with E-state index in [1.54, 1.807) is 0 Å². The number of aryl methyl sites for hydroxylation is 2. The van der Waals surface area contributed by atoms with Crippen LogP contribution in [0, 0.1) is 6.92 Å². The van der Waals surface area contributed by atoms with Gasteiger partial charge in [-0.3, -0.25) is 0 Å². The lowest BCUT2D eigenvalue weighted by molar-refractivity contribution is 0.280. The molecule has 0 aliphatic rings. The maximum absolute atomic E-state index is 5.87. The molecule has 1 N–H and O–H groups in total. The number of ether oxygens (including phenoxy) is 1. The van der Waals surface area contributed by atoms with Crippen LogP contribution in [0.3, 0.4) is 0 Å². The molecule has 2 aromatic rings. The molecule has 1 atom stereocenters. The monoisotopic (exact) mass is 289 g/mol. The Bertz CT molecular complexity index is 581. The summed E-state index contributed by atoms with van der Waals surface area (Å²) in [5.41, 5.74) is 2.35. The summed E-state index contributed by atoms with van der Waals surface area (Å²) in [6.45, 7) is 6.58. The molecular weight excluding hydrogens is 266 g/mol. The van der Waals surface area contributed by atoms with Crippen LogP contribution < -0.4 is 10.1 Å². The number of hydrogen-bond donors (Lipinski definition) is 1. The Hall–Kier alpha value is -1.88. The molecule has 1 aromatic heterocycles. The summed E-state index contributed by atoms with van der Waals surface area (Å²) >= 11 is 0. The SMILES string of the molecule is CCCc1nc(COc2ccc(C)cc2C(C)NC)no1. The number of benzene rings is 1. The number of nitrogens with zero attached hydrogens (tertiary/aromatic N) is 2. The normalized spacial score (nSPS) is 12.4. The summed E-state index contributed by atoms with van der Waals surface area (Å²) in [7, 11) is 1.94. The molecule has 0 amide bonds. The molecule has 1 aromatic carbocycles. The molecular formula is C16H23N3O2. The lowest BCUT2D eigenvalue weighted by Crippen LogP contribution is -2.14. The quantitative estimate of drug-likeness (QED) is 0.848. The first-order valence-corrected chi connectivity index (χ1v) is 7.36. The second kappa shape index (κ2) is 7.22. The molecule has 1 heterocycles. The molecule has 5 heteroatoms. The van der Waals surface area contributed by atoms with Crippen molar-refractivity contribution in [1.82, 2.24) is 15.5 Å². The Balaban J connectivity index is 2.08. The third-order valence-electron chi connectivity index (χ3n) is 3.40. The third kappa shape index (κ3) is 4.04. The summed E-state index contributed by atoms with van der Waals surface area (Å²) in [5, 5.41) is 7.17. The summed E-state index contributed by atoms with van der Waals surface area (Å²) < 4.78 is 11.0. The Morgan fingerprint density at radius 2 is 2.19 bits per heavy atom. The van der Waals surface area contributed by atoms with Gasteiger partial charge in [0.2, 0.25) is 11.7 Å². The van der Waals surface area contributed by atoms with E-state index in [0.717, 1.165) is 24.2 Å². The highest BCUT2D eigenvalue weighted by Gasteiger charge is 2.12. The van der Waals surface area contributed by atoms with Crippen LogP contribution in [0.25, 0.3) is 0 Å². The van der Waals surface area contributed by atoms with Crippen LogP contribution >= 0.6 is 0 Å². The standard InChI is InChI=1S/C16H23N3O2/c1-5-6-16-18-15(19-21-16)10-20-14-8-7-11(2)9-13(14)12(3)17-4/h7-9,12,17H,5-6,10H2,1-4H3. The highest BCUT2D eigenvalue weighted by molar-refractivity contribution is 5.38. The van der Waals surface area contributed by atoms with Gasteiger partial charge in [0, 0.05) is 18.0 Å². The molecule has 21 heavy (non-hydrogen) atoms. The highest BCUT2D eigenvalue weighted by Crippen LogP contribution is 2.26. The predicted octanol–water partition coefficient (Wildman–Crippen LogP) is 3.19. The fourth-order valence-corrected chi connectivity index (χ4v) is 2.10. The summed E-state index contributed by atoms with van der Waals surface area (Å²) in [6, 6.07) is 6.39. The van der Waals surface area contributed by atoms with Crippen molar-refractivity contribution in [3.8, 4) is 5.75 Å². The lowest BCUT2D eigenvalue weighted by atomic mass is 10.0. The minimum absolute atomic E-state index is 0.223. The smallest absolute Gasteiger partial charge is 0.226 e. The molecule has 2 rings (SSSR count). The van der Waals surface area contributed by atoms with Gasteiger partial charge in [0.15, 0.2) is 6.61 Å². The molecule has 0 radical (unpaired) electrons. The Labute approximate surface area is 125 Å². The van der Waals surface area contributed by atoms with Gasteiger partial charge in [-0.25, -0.2) is 0 Å². The number of aromatic nitrogens is 2. The molecule has 0 saturated carbocycles. The van der Waals surface area contributed by atoms with Gasteiger partial charge in [0.1, 0.15) is 5.75 Å². The van der Waals surface area contributed by atoms with E-state index in [1.165, 1.54) is 5.56 Å². The molecule has 0 spiro atoms. The number of hydrogen-bond acceptors (Lipinski definition) is 5. The molecule has 5 nitrogen and oxygen atoms in total. The average Bonchev–Trinajstić information content (AvgIpc) is 2.93. The number of nitrogens with one attached hydrogen (secondary N) is 1. The zero-order chi connectivity index (χ0) is 15.2. The van der Waals surface area contributed by atoms with Crippen LogP contribution in [0.15, 0.2) is 22.7 Å². The van der Waals surface area contributed by atoms with E-state index in [4.69, 9.17) is 9.26 Å². The fraction of sp³-hybridized carbons (Fsp3) is 0.500. The van der Waals surface area contributed by atoms with Gasteiger partial charge in [0.25, 0.3) is 0 Å². The van der Waals surface area contributed by atoms with Gasteiger partial charge >= 0.3 is 0 Å². The van der Waals surface area contributed by atoms with Crippen LogP contribution in [-0.4, -0.2) is 17.2 Å². The first-order chi connectivity index (χ1) is 10.1. The molecule has 0 aliphatic carbocycles. The predicted molar refractivity (Wildman–Crippen MR) is 81.3 cm³/mol. The fourth-order valence-electron chi connectivity index (χ4n) is 2.10. The molecule has 114 valence electrons. The molecule has 0 bridgehead atoms. The van der Waals surface area contributed by atoms with Crippen molar-refractivity contribution in [3.63, 3.8) is 0 Å². The van der Waals surface area contributed by atoms with E-state index in [2.05, 4.69) is 42.3 Å². The summed E-state index contributed by atoms with van der Waals surface area (Å²) in [6.07, 6.45) is 1.80. The second-order valence-electron chi connectivity index (χ2n) is 5.19. The molecule has 0 fully saturated rings. The molecule has 1 unspecified atom stereocenters. The van der Waals surface area contributed by atoms with Crippen molar-refractivity contribution < 1.29 is 9.26 Å². The number of rotatable bonds is 7. The Morgan fingerprint density at radius 3 is 2.90 bits per heavy atom. The van der Waals surface area contributed by atoms with Crippen molar-refractivity contribution >= 4 is 0 Å². The second-order valence-corrected chi connectivity index (χ2v) is 5.19. The molecule has 0 aliphatic heterocycles. The van der Waals surface area contributed by atoms with E-state index in [1.807, 2.05) is 19.2 Å². The van der Waals surface area contributed by atoms with Gasteiger partial charge in [-0.2, -0.15) is 4.98 Å². The summed E-state index contributed by atoms with van der Waals surface area (Å²) in [5.74, 6) is 2.11. The molecule has 0 saturated heterocycles. The van der Waals surface area contributed by atoms with Crippen molar-refractivity contribution in [2.75, 3.05) is 7.05 Å². The van der Waals surface area contributed by atoms with Gasteiger partial charge in [-0.15, -0.1) is 0 Å². The zero-order valence-electron chi connectivity index (χ0n) is 13.1. The lowest BCUT2D eigenvalue weighted by Gasteiger charge is -2.16. The van der Waals surface area contributed by atoms with Crippen LogP contribution in [0.4, 0.5) is 0 Å². The van der Waals surface area contributed by atoms with E-state index in [0.29, 0.717) is 18.3 Å². The maximum atomic E-state index is 5.87. The van der Waals surface area contributed by atoms with Crippen molar-refractivity contribution in [2.24, 2.45) is 0 Å². The first kappa shape index (κ1) is 15.5. The van der Waals surface area contributed by atoms with Crippen LogP contribution in [0.5, 0.6) is 5.75 Å². The van der Waals surface area contributed by atoms with Crippen molar-refractivity contribution in [3.05, 3.63) is 41.0 Å². The minimum Gasteiger partial charge on any atom is -0.485 e. The largest absolute Gasteiger partial charge is 0.485 e. The van der Waals surface area contributed by atoms with Crippen molar-refractivity contribution in [1.29, 1.82) is 0 Å². The van der Waals surface area contributed by atoms with Crippen molar-refractivity contribution in [2.45, 2.75) is 46.3 Å². The zero-order valence-corrected chi connectivity index (χ0v) is 13.1. The van der Waals surface area contributed by atoms with E-state index in [9.17, 15) is 0 Å². The van der Waals surface area contributed by atoms with E-state index < -0.39 is 0 Å². The maximum Gasteiger partial charge on any atom is 0.226 e. The topological polar surface area (TPSA) is 60.2 Å². The van der Waals surface area contributed by atoms with Crippen LogP contribution in [0.1, 0.15) is 49.2 Å². The van der Waals surface area contributed by atoms with E-state index in [-0.39, 0.29) is 6.04 Å². The first-order valence-electron chi connectivity index (χ1n) is 7.36. The van der Waals surface area contributed by atoms with Gasteiger partial charge < -0.3 is 14.6 Å².